The second-order valence-electron chi connectivity index (χ2n) is 7.09. The van der Waals surface area contributed by atoms with Crippen LogP contribution in [0, 0.1) is 0 Å². The van der Waals surface area contributed by atoms with Crippen LogP contribution in [0.1, 0.15) is 30.5 Å². The van der Waals surface area contributed by atoms with Gasteiger partial charge in [-0.2, -0.15) is 0 Å². The average Bonchev–Trinajstić information content (AvgIpc) is 3.36. The SMILES string of the molecule is COc1cccc(CNCC[C@@H]2CCC(=O)N2Cc2cn3c(n2)SCC3)c1. The van der Waals surface area contributed by atoms with E-state index in [1.54, 1.807) is 18.9 Å². The van der Waals surface area contributed by atoms with Gasteiger partial charge < -0.3 is 19.5 Å². The van der Waals surface area contributed by atoms with Gasteiger partial charge >= 0.3 is 0 Å². The van der Waals surface area contributed by atoms with Gasteiger partial charge in [-0.1, -0.05) is 23.9 Å². The lowest BCUT2D eigenvalue weighted by atomic mass is 10.1. The summed E-state index contributed by atoms with van der Waals surface area (Å²) in [7, 11) is 1.69. The lowest BCUT2D eigenvalue weighted by molar-refractivity contribution is -0.129. The summed E-state index contributed by atoms with van der Waals surface area (Å²) < 4.78 is 7.47. The first kappa shape index (κ1) is 18.4. The smallest absolute Gasteiger partial charge is 0.223 e. The second-order valence-corrected chi connectivity index (χ2v) is 8.15. The van der Waals surface area contributed by atoms with Crippen molar-refractivity contribution in [2.75, 3.05) is 19.4 Å². The Labute approximate surface area is 164 Å². The molecule has 2 aliphatic rings. The van der Waals surface area contributed by atoms with Gasteiger partial charge in [-0.3, -0.25) is 4.79 Å². The number of aromatic nitrogens is 2. The van der Waals surface area contributed by atoms with E-state index < -0.39 is 0 Å². The molecule has 6 nitrogen and oxygen atoms in total. The number of imidazole rings is 1. The number of methoxy groups -OCH3 is 1. The number of nitrogens with zero attached hydrogens (tertiary/aromatic N) is 3. The normalized spacial score (nSPS) is 18.9. The quantitative estimate of drug-likeness (QED) is 0.707. The van der Waals surface area contributed by atoms with Crippen molar-refractivity contribution < 1.29 is 9.53 Å². The molecule has 4 rings (SSSR count). The van der Waals surface area contributed by atoms with Gasteiger partial charge in [-0.25, -0.2) is 4.98 Å². The zero-order valence-electron chi connectivity index (χ0n) is 15.7. The molecule has 0 unspecified atom stereocenters. The third-order valence-corrected chi connectivity index (χ3v) is 6.23. The highest BCUT2D eigenvalue weighted by atomic mass is 32.2. The minimum absolute atomic E-state index is 0.258. The molecule has 7 heteroatoms. The largest absolute Gasteiger partial charge is 0.497 e. The molecule has 0 aliphatic carbocycles. The molecule has 3 heterocycles. The Balaban J connectivity index is 1.27. The summed E-state index contributed by atoms with van der Waals surface area (Å²) >= 11 is 1.80. The molecule has 27 heavy (non-hydrogen) atoms. The molecule has 2 aliphatic heterocycles. The van der Waals surface area contributed by atoms with Gasteiger partial charge in [0.1, 0.15) is 5.75 Å². The maximum absolute atomic E-state index is 12.3. The lowest BCUT2D eigenvalue weighted by Crippen LogP contribution is -2.34. The van der Waals surface area contributed by atoms with E-state index in [2.05, 4.69) is 27.1 Å². The first-order valence-corrected chi connectivity index (χ1v) is 10.5. The van der Waals surface area contributed by atoms with Gasteiger partial charge in [0.2, 0.25) is 5.91 Å². The number of hydrogen-bond acceptors (Lipinski definition) is 5. The minimum Gasteiger partial charge on any atom is -0.497 e. The van der Waals surface area contributed by atoms with E-state index >= 15 is 0 Å². The maximum Gasteiger partial charge on any atom is 0.223 e. The summed E-state index contributed by atoms with van der Waals surface area (Å²) in [6.45, 7) is 3.36. The summed E-state index contributed by atoms with van der Waals surface area (Å²) in [6.07, 6.45) is 4.68. The van der Waals surface area contributed by atoms with Crippen molar-refractivity contribution in [1.29, 1.82) is 0 Å². The van der Waals surface area contributed by atoms with Gasteiger partial charge in [-0.05, 0) is 37.1 Å². The molecule has 1 atom stereocenters. The Bertz CT molecular complexity index is 786. The van der Waals surface area contributed by atoms with Crippen LogP contribution < -0.4 is 10.1 Å². The zero-order chi connectivity index (χ0) is 18.6. The Morgan fingerprint density at radius 1 is 1.41 bits per heavy atom. The number of fused-ring (bicyclic) bond motifs is 1. The van der Waals surface area contributed by atoms with Crippen molar-refractivity contribution in [3.63, 3.8) is 0 Å². The predicted molar refractivity (Wildman–Crippen MR) is 106 cm³/mol. The summed E-state index contributed by atoms with van der Waals surface area (Å²) in [5.74, 6) is 2.24. The van der Waals surface area contributed by atoms with Crippen LogP contribution in [0.2, 0.25) is 0 Å². The number of ether oxygens (including phenoxy) is 1. The van der Waals surface area contributed by atoms with Crippen LogP contribution in [-0.4, -0.2) is 45.8 Å². The molecule has 1 aromatic heterocycles. The molecular formula is C20H26N4O2S. The Morgan fingerprint density at radius 3 is 3.19 bits per heavy atom. The fourth-order valence-corrected chi connectivity index (χ4v) is 4.77. The number of nitrogens with one attached hydrogen (secondary N) is 1. The van der Waals surface area contributed by atoms with E-state index in [1.165, 1.54) is 5.56 Å². The van der Waals surface area contributed by atoms with Crippen LogP contribution >= 0.6 is 11.8 Å². The van der Waals surface area contributed by atoms with E-state index in [0.29, 0.717) is 19.0 Å². The predicted octanol–water partition coefficient (Wildman–Crippen LogP) is 2.67. The van der Waals surface area contributed by atoms with Gasteiger partial charge in [0.05, 0.1) is 19.3 Å². The molecular weight excluding hydrogens is 360 g/mol. The Kier molecular flexibility index (Phi) is 5.69. The molecule has 1 amide bonds. The van der Waals surface area contributed by atoms with Crippen molar-refractivity contribution in [2.45, 2.75) is 50.1 Å². The number of amides is 1. The third kappa shape index (κ3) is 4.30. The topological polar surface area (TPSA) is 59.4 Å². The van der Waals surface area contributed by atoms with E-state index in [4.69, 9.17) is 4.74 Å². The number of carbonyl (C=O) groups is 1. The molecule has 0 spiro atoms. The number of hydrogen-bond donors (Lipinski definition) is 1. The Morgan fingerprint density at radius 2 is 2.33 bits per heavy atom. The lowest BCUT2D eigenvalue weighted by Gasteiger charge is -2.24. The van der Waals surface area contributed by atoms with Crippen molar-refractivity contribution in [1.82, 2.24) is 19.8 Å². The standard InChI is InChI=1S/C20H26N4O2S/c1-26-18-4-2-3-15(11-18)12-21-8-7-17-5-6-19(25)24(17)14-16-13-23-9-10-27-20(23)22-16/h2-4,11,13,17,21H,5-10,12,14H2,1H3/t17-/m0/s1. The highest BCUT2D eigenvalue weighted by Gasteiger charge is 2.31. The number of carbonyl (C=O) groups excluding carboxylic acids is 1. The highest BCUT2D eigenvalue weighted by Crippen LogP contribution is 2.27. The fourth-order valence-electron chi connectivity index (χ4n) is 3.81. The fraction of sp³-hybridized carbons (Fsp3) is 0.500. The molecule has 0 saturated carbocycles. The molecule has 1 fully saturated rings. The van der Waals surface area contributed by atoms with Crippen molar-refractivity contribution >= 4 is 17.7 Å². The van der Waals surface area contributed by atoms with Crippen LogP contribution in [0.3, 0.4) is 0 Å². The summed E-state index contributed by atoms with van der Waals surface area (Å²) in [4.78, 5) is 19.0. The van der Waals surface area contributed by atoms with Crippen LogP contribution in [0.15, 0.2) is 35.6 Å². The van der Waals surface area contributed by atoms with E-state index in [9.17, 15) is 4.79 Å². The first-order valence-electron chi connectivity index (χ1n) is 9.55. The molecule has 1 saturated heterocycles. The van der Waals surface area contributed by atoms with E-state index in [-0.39, 0.29) is 5.91 Å². The average molecular weight is 387 g/mol. The van der Waals surface area contributed by atoms with Gasteiger partial charge in [0, 0.05) is 37.5 Å². The van der Waals surface area contributed by atoms with E-state index in [0.717, 1.165) is 54.8 Å². The van der Waals surface area contributed by atoms with E-state index in [1.807, 2.05) is 23.1 Å². The van der Waals surface area contributed by atoms with Gasteiger partial charge in [-0.15, -0.1) is 0 Å². The van der Waals surface area contributed by atoms with Crippen molar-refractivity contribution in [3.8, 4) is 5.75 Å². The molecule has 2 aromatic rings. The third-order valence-electron chi connectivity index (χ3n) is 5.26. The number of aryl methyl sites for hydroxylation is 1. The molecule has 1 aromatic carbocycles. The zero-order valence-corrected chi connectivity index (χ0v) is 16.5. The maximum atomic E-state index is 12.3. The highest BCUT2D eigenvalue weighted by molar-refractivity contribution is 7.99. The molecule has 0 bridgehead atoms. The number of thioether (sulfide) groups is 1. The minimum atomic E-state index is 0.258. The number of rotatable bonds is 8. The van der Waals surface area contributed by atoms with Crippen LogP contribution in [0.4, 0.5) is 0 Å². The number of likely N-dealkylation sites (tertiary alicyclic amines) is 1. The molecule has 144 valence electrons. The van der Waals surface area contributed by atoms with Gasteiger partial charge in [0.15, 0.2) is 5.16 Å². The number of benzene rings is 1. The Hall–Kier alpha value is -1.99. The van der Waals surface area contributed by atoms with Gasteiger partial charge in [0.25, 0.3) is 0 Å². The van der Waals surface area contributed by atoms with Crippen molar-refractivity contribution in [2.24, 2.45) is 0 Å². The monoisotopic (exact) mass is 386 g/mol. The first-order chi connectivity index (χ1) is 13.2. The van der Waals surface area contributed by atoms with Crippen LogP contribution in [0.5, 0.6) is 5.75 Å². The summed E-state index contributed by atoms with van der Waals surface area (Å²) in [5.41, 5.74) is 2.22. The molecule has 0 radical (unpaired) electrons. The summed E-state index contributed by atoms with van der Waals surface area (Å²) in [6, 6.07) is 8.41. The van der Waals surface area contributed by atoms with Crippen LogP contribution in [-0.2, 0) is 24.4 Å². The molecule has 1 N–H and O–H groups in total. The van der Waals surface area contributed by atoms with Crippen LogP contribution in [0.25, 0.3) is 0 Å². The second kappa shape index (κ2) is 8.35. The van der Waals surface area contributed by atoms with Crippen molar-refractivity contribution in [3.05, 3.63) is 41.7 Å². The summed E-state index contributed by atoms with van der Waals surface area (Å²) in [5, 5.41) is 4.58.